The Morgan fingerprint density at radius 2 is 1.72 bits per heavy atom. The molecule has 1 fully saturated rings. The van der Waals surface area contributed by atoms with Crippen LogP contribution in [0, 0.1) is 0 Å². The second-order valence-electron chi connectivity index (χ2n) is 7.50. The van der Waals surface area contributed by atoms with Crippen molar-refractivity contribution in [3.8, 4) is 5.75 Å². The highest BCUT2D eigenvalue weighted by molar-refractivity contribution is 5.96. The number of benzene rings is 2. The fraction of sp³-hybridized carbons (Fsp3) is 0.391. The number of rotatable bonds is 9. The van der Waals surface area contributed by atoms with Gasteiger partial charge in [0, 0.05) is 17.5 Å². The molecule has 1 saturated carbocycles. The van der Waals surface area contributed by atoms with Crippen molar-refractivity contribution in [3.63, 3.8) is 0 Å². The van der Waals surface area contributed by atoms with Crippen molar-refractivity contribution in [2.45, 2.75) is 37.1 Å². The van der Waals surface area contributed by atoms with Crippen molar-refractivity contribution in [2.24, 2.45) is 5.73 Å². The molecule has 3 N–H and O–H groups in total. The van der Waals surface area contributed by atoms with E-state index < -0.39 is 12.0 Å². The summed E-state index contributed by atoms with van der Waals surface area (Å²) >= 11 is 0. The molecule has 3 rings (SSSR count). The van der Waals surface area contributed by atoms with Crippen LogP contribution in [0.4, 0.5) is 0 Å². The van der Waals surface area contributed by atoms with Gasteiger partial charge in [0.2, 0.25) is 0 Å². The molecular formula is C23H28N2O4. The first-order valence-electron chi connectivity index (χ1n) is 9.83. The van der Waals surface area contributed by atoms with Crippen LogP contribution in [-0.4, -0.2) is 38.7 Å². The Labute approximate surface area is 171 Å². The molecule has 29 heavy (non-hydrogen) atoms. The van der Waals surface area contributed by atoms with E-state index in [1.165, 1.54) is 12.7 Å². The molecule has 0 aromatic heterocycles. The smallest absolute Gasteiger partial charge is 0.328 e. The van der Waals surface area contributed by atoms with Crippen LogP contribution in [-0.2, 0) is 21.4 Å². The molecule has 1 amide bonds. The zero-order chi connectivity index (χ0) is 20.9. The Hall–Kier alpha value is -2.86. The third kappa shape index (κ3) is 4.95. The van der Waals surface area contributed by atoms with Crippen molar-refractivity contribution in [1.29, 1.82) is 0 Å². The summed E-state index contributed by atoms with van der Waals surface area (Å²) in [5.41, 5.74) is 8.69. The summed E-state index contributed by atoms with van der Waals surface area (Å²) in [6.07, 6.45) is 3.25. The number of carbonyl (C=O) groups excluding carboxylic acids is 2. The molecule has 0 heterocycles. The quantitative estimate of drug-likeness (QED) is 0.636. The van der Waals surface area contributed by atoms with Gasteiger partial charge in [-0.05, 0) is 61.1 Å². The predicted octanol–water partition coefficient (Wildman–Crippen LogP) is 2.59. The van der Waals surface area contributed by atoms with E-state index in [9.17, 15) is 9.59 Å². The molecule has 0 bridgehead atoms. The van der Waals surface area contributed by atoms with Crippen molar-refractivity contribution in [2.75, 3.05) is 20.8 Å². The van der Waals surface area contributed by atoms with Crippen LogP contribution in [0.3, 0.4) is 0 Å². The summed E-state index contributed by atoms with van der Waals surface area (Å²) in [6, 6.07) is 14.4. The average Bonchev–Trinajstić information content (AvgIpc) is 3.57. The molecular weight excluding hydrogens is 368 g/mol. The van der Waals surface area contributed by atoms with Crippen molar-refractivity contribution < 1.29 is 19.1 Å². The largest absolute Gasteiger partial charge is 0.497 e. The van der Waals surface area contributed by atoms with Gasteiger partial charge in [0.15, 0.2) is 0 Å². The van der Waals surface area contributed by atoms with Crippen LogP contribution in [0.2, 0.25) is 0 Å². The molecule has 2 aromatic rings. The van der Waals surface area contributed by atoms with Crippen LogP contribution < -0.4 is 15.8 Å². The zero-order valence-corrected chi connectivity index (χ0v) is 16.9. The van der Waals surface area contributed by atoms with Gasteiger partial charge >= 0.3 is 5.97 Å². The highest BCUT2D eigenvalue weighted by Gasteiger charge is 2.42. The minimum absolute atomic E-state index is 0.0852. The molecule has 0 saturated heterocycles. The topological polar surface area (TPSA) is 90.6 Å². The SMILES string of the molecule is COC(=O)C(CCc1ccc(OC)cc1)NC(=O)c1ccc(C2(CN)CC2)cc1. The number of ether oxygens (including phenoxy) is 2. The second-order valence-corrected chi connectivity index (χ2v) is 7.50. The third-order valence-corrected chi connectivity index (χ3v) is 5.68. The minimum atomic E-state index is -0.715. The molecule has 2 aromatic carbocycles. The Kier molecular flexibility index (Phi) is 6.54. The van der Waals surface area contributed by atoms with Gasteiger partial charge < -0.3 is 20.5 Å². The summed E-state index contributed by atoms with van der Waals surface area (Å²) < 4.78 is 10.0. The molecule has 1 unspecified atom stereocenters. The number of aryl methyl sites for hydroxylation is 1. The maximum absolute atomic E-state index is 12.7. The number of nitrogens with one attached hydrogen (secondary N) is 1. The average molecular weight is 396 g/mol. The molecule has 154 valence electrons. The molecule has 6 heteroatoms. The summed E-state index contributed by atoms with van der Waals surface area (Å²) in [5, 5.41) is 2.80. The van der Waals surface area contributed by atoms with Gasteiger partial charge in [-0.1, -0.05) is 24.3 Å². The van der Waals surface area contributed by atoms with Gasteiger partial charge in [0.05, 0.1) is 14.2 Å². The first-order chi connectivity index (χ1) is 14.0. The maximum Gasteiger partial charge on any atom is 0.328 e. The summed E-state index contributed by atoms with van der Waals surface area (Å²) in [6.45, 7) is 0.619. The van der Waals surface area contributed by atoms with Crippen LogP contribution in [0.15, 0.2) is 48.5 Å². The number of hydrogen-bond donors (Lipinski definition) is 2. The van der Waals surface area contributed by atoms with E-state index in [-0.39, 0.29) is 11.3 Å². The standard InChI is InChI=1S/C23H28N2O4/c1-28-19-10-3-16(4-11-19)5-12-20(22(27)29-2)25-21(26)17-6-8-18(9-7-17)23(15-24)13-14-23/h3-4,6-11,20H,5,12-15,24H2,1-2H3,(H,25,26). The monoisotopic (exact) mass is 396 g/mol. The maximum atomic E-state index is 12.7. The number of esters is 1. The highest BCUT2D eigenvalue weighted by Crippen LogP contribution is 2.47. The number of amides is 1. The molecule has 0 aliphatic heterocycles. The molecule has 0 radical (unpaired) electrons. The van der Waals surface area contributed by atoms with E-state index >= 15 is 0 Å². The highest BCUT2D eigenvalue weighted by atomic mass is 16.5. The van der Waals surface area contributed by atoms with Gasteiger partial charge in [-0.2, -0.15) is 0 Å². The van der Waals surface area contributed by atoms with Crippen LogP contribution in [0.1, 0.15) is 40.7 Å². The lowest BCUT2D eigenvalue weighted by Crippen LogP contribution is -2.41. The van der Waals surface area contributed by atoms with E-state index in [0.717, 1.165) is 24.2 Å². The van der Waals surface area contributed by atoms with Gasteiger partial charge in [-0.3, -0.25) is 4.79 Å². The summed E-state index contributed by atoms with van der Waals surface area (Å²) in [4.78, 5) is 24.8. The number of nitrogens with two attached hydrogens (primary N) is 1. The lowest BCUT2D eigenvalue weighted by molar-refractivity contribution is -0.143. The van der Waals surface area contributed by atoms with E-state index in [1.54, 1.807) is 19.2 Å². The van der Waals surface area contributed by atoms with Crippen molar-refractivity contribution in [1.82, 2.24) is 5.32 Å². The first kappa shape index (κ1) is 20.9. The van der Waals surface area contributed by atoms with E-state index in [2.05, 4.69) is 5.32 Å². The third-order valence-electron chi connectivity index (χ3n) is 5.68. The van der Waals surface area contributed by atoms with E-state index in [1.807, 2.05) is 36.4 Å². The van der Waals surface area contributed by atoms with Gasteiger partial charge in [-0.15, -0.1) is 0 Å². The number of hydrogen-bond acceptors (Lipinski definition) is 5. The predicted molar refractivity (Wildman–Crippen MR) is 111 cm³/mol. The molecule has 0 spiro atoms. The van der Waals surface area contributed by atoms with E-state index in [4.69, 9.17) is 15.2 Å². The normalized spacial score (nSPS) is 15.3. The second kappa shape index (κ2) is 9.09. The summed E-state index contributed by atoms with van der Waals surface area (Å²) in [7, 11) is 2.94. The number of carbonyl (C=O) groups is 2. The van der Waals surface area contributed by atoms with Crippen molar-refractivity contribution >= 4 is 11.9 Å². The zero-order valence-electron chi connectivity index (χ0n) is 16.9. The van der Waals surface area contributed by atoms with Crippen molar-refractivity contribution in [3.05, 3.63) is 65.2 Å². The molecule has 1 atom stereocenters. The Balaban J connectivity index is 1.62. The van der Waals surface area contributed by atoms with Gasteiger partial charge in [0.25, 0.3) is 5.91 Å². The lowest BCUT2D eigenvalue weighted by atomic mass is 9.95. The minimum Gasteiger partial charge on any atom is -0.497 e. The van der Waals surface area contributed by atoms with E-state index in [0.29, 0.717) is 24.9 Å². The van der Waals surface area contributed by atoms with Gasteiger partial charge in [0.1, 0.15) is 11.8 Å². The first-order valence-corrected chi connectivity index (χ1v) is 9.83. The lowest BCUT2D eigenvalue weighted by Gasteiger charge is -2.17. The molecule has 1 aliphatic carbocycles. The summed E-state index contributed by atoms with van der Waals surface area (Å²) in [5.74, 6) is 0.0282. The Bertz CT molecular complexity index is 842. The molecule has 1 aliphatic rings. The molecule has 6 nitrogen and oxygen atoms in total. The van der Waals surface area contributed by atoms with Crippen LogP contribution >= 0.6 is 0 Å². The van der Waals surface area contributed by atoms with Gasteiger partial charge in [-0.25, -0.2) is 4.79 Å². The number of methoxy groups -OCH3 is 2. The van der Waals surface area contributed by atoms with Crippen LogP contribution in [0.25, 0.3) is 0 Å². The Morgan fingerprint density at radius 1 is 1.07 bits per heavy atom. The fourth-order valence-corrected chi connectivity index (χ4v) is 3.47. The van der Waals surface area contributed by atoms with Crippen LogP contribution in [0.5, 0.6) is 5.75 Å². The Morgan fingerprint density at radius 3 is 2.24 bits per heavy atom. The fourth-order valence-electron chi connectivity index (χ4n) is 3.47.